The van der Waals surface area contributed by atoms with Crippen LogP contribution >= 0.6 is 0 Å². The van der Waals surface area contributed by atoms with Gasteiger partial charge in [-0.25, -0.2) is 4.98 Å². The van der Waals surface area contributed by atoms with Gasteiger partial charge in [0.05, 0.1) is 17.6 Å². The molecule has 7 heteroatoms. The van der Waals surface area contributed by atoms with E-state index in [-0.39, 0.29) is 17.0 Å². The monoisotopic (exact) mass is 405 g/mol. The van der Waals surface area contributed by atoms with Gasteiger partial charge < -0.3 is 14.9 Å². The van der Waals surface area contributed by atoms with E-state index in [2.05, 4.69) is 19.8 Å². The molecule has 2 aliphatic rings. The molecule has 30 heavy (non-hydrogen) atoms. The van der Waals surface area contributed by atoms with Crippen LogP contribution in [-0.4, -0.2) is 38.4 Å². The number of hydrogen-bond acceptors (Lipinski definition) is 4. The Kier molecular flexibility index (Phi) is 4.90. The van der Waals surface area contributed by atoms with E-state index in [0.717, 1.165) is 67.0 Å². The van der Waals surface area contributed by atoms with E-state index in [1.165, 1.54) is 19.3 Å². The van der Waals surface area contributed by atoms with Crippen LogP contribution in [0.3, 0.4) is 0 Å². The van der Waals surface area contributed by atoms with Gasteiger partial charge >= 0.3 is 0 Å². The first-order chi connectivity index (χ1) is 14.6. The fourth-order valence-electron chi connectivity index (χ4n) is 4.67. The summed E-state index contributed by atoms with van der Waals surface area (Å²) in [7, 11) is 2.04. The van der Waals surface area contributed by atoms with Gasteiger partial charge in [0.15, 0.2) is 0 Å². The van der Waals surface area contributed by atoms with Gasteiger partial charge in [-0.2, -0.15) is 0 Å². The van der Waals surface area contributed by atoms with Crippen LogP contribution in [0.4, 0.5) is 5.69 Å². The van der Waals surface area contributed by atoms with E-state index in [0.29, 0.717) is 5.69 Å². The molecule has 1 aliphatic heterocycles. The van der Waals surface area contributed by atoms with Crippen LogP contribution < -0.4 is 10.9 Å². The Hall–Kier alpha value is -2.93. The van der Waals surface area contributed by atoms with Crippen LogP contribution in [-0.2, 0) is 26.4 Å². The standard InChI is InChI=1S/C23H27N5O2/c1-27-20-9-8-16(13-19(20)25-21(27)14-28-10-3-2-4-11-28)24-22(29)17-12-15-6-5-7-18(15)26-23(17)30/h8-9,12-13H,2-7,10-11,14H2,1H3,(H,24,29)(H,26,30). The molecule has 3 heterocycles. The first kappa shape index (κ1) is 19.1. The molecule has 5 rings (SSSR count). The lowest BCUT2D eigenvalue weighted by Crippen LogP contribution is -2.30. The predicted octanol–water partition coefficient (Wildman–Crippen LogP) is 2.99. The number of fused-ring (bicyclic) bond motifs is 2. The van der Waals surface area contributed by atoms with Gasteiger partial charge in [0.25, 0.3) is 11.5 Å². The molecule has 1 fully saturated rings. The third kappa shape index (κ3) is 3.54. The van der Waals surface area contributed by atoms with Crippen molar-refractivity contribution in [2.45, 2.75) is 45.1 Å². The minimum absolute atomic E-state index is 0.169. The Labute approximate surface area is 175 Å². The quantitative estimate of drug-likeness (QED) is 0.699. The lowest BCUT2D eigenvalue weighted by atomic mass is 10.1. The first-order valence-corrected chi connectivity index (χ1v) is 10.8. The maximum atomic E-state index is 12.7. The van der Waals surface area contributed by atoms with Crippen molar-refractivity contribution in [3.63, 3.8) is 0 Å². The highest BCUT2D eigenvalue weighted by Crippen LogP contribution is 2.23. The van der Waals surface area contributed by atoms with Crippen LogP contribution in [0, 0.1) is 0 Å². The summed E-state index contributed by atoms with van der Waals surface area (Å²) >= 11 is 0. The number of rotatable bonds is 4. The second-order valence-electron chi connectivity index (χ2n) is 8.45. The fourth-order valence-corrected chi connectivity index (χ4v) is 4.67. The molecule has 0 bridgehead atoms. The van der Waals surface area contributed by atoms with E-state index >= 15 is 0 Å². The summed E-state index contributed by atoms with van der Waals surface area (Å²) in [5.41, 5.74) is 4.42. The van der Waals surface area contributed by atoms with Gasteiger partial charge in [0, 0.05) is 18.4 Å². The Balaban J connectivity index is 1.37. The molecule has 0 radical (unpaired) electrons. The van der Waals surface area contributed by atoms with E-state index in [4.69, 9.17) is 4.98 Å². The van der Waals surface area contributed by atoms with Gasteiger partial charge in [-0.1, -0.05) is 6.42 Å². The summed E-state index contributed by atoms with van der Waals surface area (Å²) < 4.78 is 2.13. The van der Waals surface area contributed by atoms with E-state index in [1.54, 1.807) is 6.07 Å². The summed E-state index contributed by atoms with van der Waals surface area (Å²) in [6.45, 7) is 3.09. The second kappa shape index (κ2) is 7.72. The fraction of sp³-hybridized carbons (Fsp3) is 0.435. The highest BCUT2D eigenvalue weighted by molar-refractivity contribution is 6.04. The minimum Gasteiger partial charge on any atom is -0.330 e. The van der Waals surface area contributed by atoms with E-state index in [9.17, 15) is 9.59 Å². The molecule has 0 unspecified atom stereocenters. The summed E-state index contributed by atoms with van der Waals surface area (Å²) in [5.74, 6) is 0.653. The number of anilines is 1. The number of imidazole rings is 1. The zero-order valence-corrected chi connectivity index (χ0v) is 17.3. The number of nitrogens with zero attached hydrogens (tertiary/aromatic N) is 3. The van der Waals surface area contributed by atoms with Gasteiger partial charge in [0.1, 0.15) is 11.4 Å². The highest BCUT2D eigenvalue weighted by atomic mass is 16.2. The second-order valence-corrected chi connectivity index (χ2v) is 8.45. The van der Waals surface area contributed by atoms with E-state index in [1.807, 2.05) is 25.2 Å². The van der Waals surface area contributed by atoms with Crippen LogP contribution in [0.5, 0.6) is 0 Å². The third-order valence-electron chi connectivity index (χ3n) is 6.38. The van der Waals surface area contributed by atoms with E-state index < -0.39 is 0 Å². The predicted molar refractivity (Wildman–Crippen MR) is 117 cm³/mol. The number of nitrogens with one attached hydrogen (secondary N) is 2. The number of aromatic amines is 1. The summed E-state index contributed by atoms with van der Waals surface area (Å²) in [6.07, 6.45) is 6.63. The zero-order valence-electron chi connectivity index (χ0n) is 17.3. The molecule has 2 N–H and O–H groups in total. The Morgan fingerprint density at radius 1 is 1.13 bits per heavy atom. The molecule has 0 atom stereocenters. The number of piperidine rings is 1. The molecule has 0 saturated carbocycles. The SMILES string of the molecule is Cn1c(CN2CCCCC2)nc2cc(NC(=O)c3cc4c([nH]c3=O)CCC4)ccc21. The Morgan fingerprint density at radius 2 is 1.97 bits per heavy atom. The average molecular weight is 406 g/mol. The molecule has 7 nitrogen and oxygen atoms in total. The lowest BCUT2D eigenvalue weighted by Gasteiger charge is -2.25. The minimum atomic E-state index is -0.380. The first-order valence-electron chi connectivity index (χ1n) is 10.8. The van der Waals surface area contributed by atoms with Crippen LogP contribution in [0.25, 0.3) is 11.0 Å². The van der Waals surface area contributed by atoms with Gasteiger partial charge in [0.2, 0.25) is 0 Å². The molecular formula is C23H27N5O2. The number of likely N-dealkylation sites (tertiary alicyclic amines) is 1. The lowest BCUT2D eigenvalue weighted by molar-refractivity contribution is 0.102. The number of amides is 1. The normalized spacial score (nSPS) is 16.7. The molecule has 0 spiro atoms. The smallest absolute Gasteiger partial charge is 0.261 e. The molecule has 3 aromatic rings. The number of aromatic nitrogens is 3. The van der Waals surface area contributed by atoms with Crippen LogP contribution in [0.1, 0.15) is 53.1 Å². The zero-order chi connectivity index (χ0) is 20.7. The van der Waals surface area contributed by atoms with Crippen molar-refractivity contribution in [1.82, 2.24) is 19.4 Å². The largest absolute Gasteiger partial charge is 0.330 e. The molecule has 1 amide bonds. The maximum absolute atomic E-state index is 12.7. The van der Waals surface area contributed by atoms with Crippen molar-refractivity contribution in [3.05, 3.63) is 57.3 Å². The number of hydrogen-bond donors (Lipinski definition) is 2. The number of pyridine rings is 1. The summed E-state index contributed by atoms with van der Waals surface area (Å²) in [6, 6.07) is 7.47. The van der Waals surface area contributed by atoms with Crippen molar-refractivity contribution in [2.24, 2.45) is 7.05 Å². The van der Waals surface area contributed by atoms with Gasteiger partial charge in [-0.05, 0) is 75.0 Å². The van der Waals surface area contributed by atoms with Crippen molar-refractivity contribution in [1.29, 1.82) is 0 Å². The Bertz CT molecular complexity index is 1170. The van der Waals surface area contributed by atoms with Crippen molar-refractivity contribution < 1.29 is 4.79 Å². The topological polar surface area (TPSA) is 83.0 Å². The molecule has 1 aromatic carbocycles. The average Bonchev–Trinajstić information content (AvgIpc) is 3.32. The molecule has 1 saturated heterocycles. The molecule has 156 valence electrons. The van der Waals surface area contributed by atoms with Crippen LogP contribution in [0.2, 0.25) is 0 Å². The molecule has 1 aliphatic carbocycles. The summed E-state index contributed by atoms with van der Waals surface area (Å²) in [5, 5.41) is 2.87. The Morgan fingerprint density at radius 3 is 2.80 bits per heavy atom. The van der Waals surface area contributed by atoms with Crippen molar-refractivity contribution >= 4 is 22.6 Å². The number of H-pyrrole nitrogens is 1. The van der Waals surface area contributed by atoms with Crippen molar-refractivity contribution in [3.8, 4) is 0 Å². The third-order valence-corrected chi connectivity index (χ3v) is 6.38. The number of benzene rings is 1. The maximum Gasteiger partial charge on any atom is 0.261 e. The molecular weight excluding hydrogens is 378 g/mol. The number of carbonyl (C=O) groups excluding carboxylic acids is 1. The number of aryl methyl sites for hydroxylation is 3. The molecule has 2 aromatic heterocycles. The van der Waals surface area contributed by atoms with Crippen LogP contribution in [0.15, 0.2) is 29.1 Å². The number of carbonyl (C=O) groups is 1. The highest BCUT2D eigenvalue weighted by Gasteiger charge is 2.19. The van der Waals surface area contributed by atoms with Gasteiger partial charge in [-0.15, -0.1) is 0 Å². The van der Waals surface area contributed by atoms with Gasteiger partial charge in [-0.3, -0.25) is 14.5 Å². The van der Waals surface area contributed by atoms with Crippen molar-refractivity contribution in [2.75, 3.05) is 18.4 Å². The summed E-state index contributed by atoms with van der Waals surface area (Å²) in [4.78, 5) is 35.2.